The van der Waals surface area contributed by atoms with Gasteiger partial charge in [0.2, 0.25) is 0 Å². The Kier molecular flexibility index (Phi) is 8.76. The molecule has 0 atom stereocenters. The van der Waals surface area contributed by atoms with E-state index in [1.165, 1.54) is 6.07 Å². The van der Waals surface area contributed by atoms with Crippen LogP contribution < -0.4 is 25.8 Å². The van der Waals surface area contributed by atoms with Gasteiger partial charge in [-0.2, -0.15) is 0 Å². The van der Waals surface area contributed by atoms with Crippen molar-refractivity contribution in [3.8, 4) is 11.5 Å². The summed E-state index contributed by atoms with van der Waals surface area (Å²) in [6.07, 6.45) is 0. The number of nitrogens with one attached hydrogen (secondary N) is 2. The first-order valence-electron chi connectivity index (χ1n) is 7.73. The molecular formula is C17H23IN4O4. The molecule has 2 rings (SSSR count). The first-order chi connectivity index (χ1) is 12.1. The third-order valence-electron chi connectivity index (χ3n) is 3.29. The third kappa shape index (κ3) is 5.83. The molecule has 9 heteroatoms. The van der Waals surface area contributed by atoms with Crippen LogP contribution in [-0.2, 0) is 6.54 Å². The van der Waals surface area contributed by atoms with Crippen LogP contribution in [0.3, 0.4) is 0 Å². The molecule has 0 bridgehead atoms. The Morgan fingerprint density at radius 3 is 2.50 bits per heavy atom. The molecule has 0 spiro atoms. The van der Waals surface area contributed by atoms with E-state index in [4.69, 9.17) is 19.6 Å². The van der Waals surface area contributed by atoms with Gasteiger partial charge in [-0.1, -0.05) is 0 Å². The fourth-order valence-corrected chi connectivity index (χ4v) is 2.11. The number of hydrogen-bond donors (Lipinski definition) is 3. The molecule has 0 aliphatic rings. The van der Waals surface area contributed by atoms with Crippen molar-refractivity contribution in [2.75, 3.05) is 26.1 Å². The number of amides is 1. The zero-order valence-corrected chi connectivity index (χ0v) is 17.2. The number of benzene rings is 1. The SMILES string of the molecule is CCNC(=NCc1ccc(C(N)=O)o1)Nc1ccc(OC)c(OC)c1.I. The smallest absolute Gasteiger partial charge is 0.284 e. The van der Waals surface area contributed by atoms with E-state index in [-0.39, 0.29) is 36.3 Å². The number of nitrogens with zero attached hydrogens (tertiary/aromatic N) is 1. The van der Waals surface area contributed by atoms with Gasteiger partial charge in [-0.25, -0.2) is 4.99 Å². The lowest BCUT2D eigenvalue weighted by molar-refractivity contribution is 0.0972. The van der Waals surface area contributed by atoms with Gasteiger partial charge in [-0.3, -0.25) is 4.79 Å². The van der Waals surface area contributed by atoms with Crippen LogP contribution in [0.2, 0.25) is 0 Å². The molecule has 26 heavy (non-hydrogen) atoms. The minimum Gasteiger partial charge on any atom is -0.493 e. The summed E-state index contributed by atoms with van der Waals surface area (Å²) < 4.78 is 15.8. The lowest BCUT2D eigenvalue weighted by atomic mass is 10.3. The van der Waals surface area contributed by atoms with Crippen molar-refractivity contribution in [1.82, 2.24) is 5.32 Å². The Bertz CT molecular complexity index is 761. The second kappa shape index (κ2) is 10.5. The summed E-state index contributed by atoms with van der Waals surface area (Å²) in [6, 6.07) is 8.66. The predicted octanol–water partition coefficient (Wildman–Crippen LogP) is 2.59. The Morgan fingerprint density at radius 1 is 1.19 bits per heavy atom. The number of primary amides is 1. The Morgan fingerprint density at radius 2 is 1.92 bits per heavy atom. The fourth-order valence-electron chi connectivity index (χ4n) is 2.11. The first kappa shape index (κ1) is 21.6. The average Bonchev–Trinajstić information content (AvgIpc) is 3.09. The number of furan rings is 1. The lowest BCUT2D eigenvalue weighted by Gasteiger charge is -2.13. The van der Waals surface area contributed by atoms with E-state index in [0.717, 1.165) is 5.69 Å². The van der Waals surface area contributed by atoms with E-state index in [1.807, 2.05) is 19.1 Å². The number of hydrogen-bond acceptors (Lipinski definition) is 5. The summed E-state index contributed by atoms with van der Waals surface area (Å²) in [5, 5.41) is 6.31. The highest BCUT2D eigenvalue weighted by Crippen LogP contribution is 2.29. The number of carbonyl (C=O) groups is 1. The van der Waals surface area contributed by atoms with Gasteiger partial charge in [0.25, 0.3) is 5.91 Å². The Hall–Kier alpha value is -2.43. The highest BCUT2D eigenvalue weighted by atomic mass is 127. The molecule has 0 fully saturated rings. The average molecular weight is 474 g/mol. The van der Waals surface area contributed by atoms with Crippen molar-refractivity contribution < 1.29 is 18.7 Å². The summed E-state index contributed by atoms with van der Waals surface area (Å²) in [6.45, 7) is 2.91. The molecule has 0 saturated carbocycles. The molecule has 1 amide bonds. The van der Waals surface area contributed by atoms with Crippen molar-refractivity contribution in [1.29, 1.82) is 0 Å². The minimum atomic E-state index is -0.606. The van der Waals surface area contributed by atoms with Gasteiger partial charge >= 0.3 is 0 Å². The van der Waals surface area contributed by atoms with E-state index in [9.17, 15) is 4.79 Å². The maximum atomic E-state index is 11.1. The topological polar surface area (TPSA) is 111 Å². The second-order valence-electron chi connectivity index (χ2n) is 5.02. The minimum absolute atomic E-state index is 0. The van der Waals surface area contributed by atoms with Crippen LogP contribution in [0.15, 0.2) is 39.7 Å². The molecular weight excluding hydrogens is 451 g/mol. The first-order valence-corrected chi connectivity index (χ1v) is 7.73. The summed E-state index contributed by atoms with van der Waals surface area (Å²) in [4.78, 5) is 15.5. The number of nitrogens with two attached hydrogens (primary N) is 1. The standard InChI is InChI=1S/C17H22N4O4.HI/c1-4-19-17(20-10-12-6-8-14(25-12)16(18)22)21-11-5-7-13(23-2)15(9-11)24-3;/h5-9H,4,10H2,1-3H3,(H2,18,22)(H2,19,20,21);1H. The van der Waals surface area contributed by atoms with Crippen molar-refractivity contribution in [3.05, 3.63) is 41.9 Å². The normalized spacial score (nSPS) is 10.7. The number of ether oxygens (including phenoxy) is 2. The quantitative estimate of drug-likeness (QED) is 0.323. The Labute approximate surface area is 169 Å². The van der Waals surface area contributed by atoms with Gasteiger partial charge in [-0.05, 0) is 31.2 Å². The molecule has 0 radical (unpaired) electrons. The number of rotatable bonds is 7. The van der Waals surface area contributed by atoms with Crippen molar-refractivity contribution in [3.63, 3.8) is 0 Å². The van der Waals surface area contributed by atoms with E-state index in [1.54, 1.807) is 26.4 Å². The van der Waals surface area contributed by atoms with Gasteiger partial charge in [0.05, 0.1) is 14.2 Å². The van der Waals surface area contributed by atoms with Gasteiger partial charge in [0, 0.05) is 18.3 Å². The maximum absolute atomic E-state index is 11.1. The molecule has 1 aromatic heterocycles. The zero-order valence-electron chi connectivity index (χ0n) is 14.9. The van der Waals surface area contributed by atoms with Crippen LogP contribution in [0.4, 0.5) is 5.69 Å². The zero-order chi connectivity index (χ0) is 18.2. The molecule has 4 N–H and O–H groups in total. The molecule has 142 valence electrons. The van der Waals surface area contributed by atoms with Crippen molar-refractivity contribution in [2.45, 2.75) is 13.5 Å². The van der Waals surface area contributed by atoms with Crippen LogP contribution in [0.1, 0.15) is 23.2 Å². The van der Waals surface area contributed by atoms with E-state index < -0.39 is 5.91 Å². The van der Waals surface area contributed by atoms with E-state index in [0.29, 0.717) is 29.8 Å². The summed E-state index contributed by atoms with van der Waals surface area (Å²) in [5.74, 6) is 1.86. The van der Waals surface area contributed by atoms with E-state index >= 15 is 0 Å². The van der Waals surface area contributed by atoms with Gasteiger partial charge in [0.1, 0.15) is 12.3 Å². The number of carbonyl (C=O) groups excluding carboxylic acids is 1. The van der Waals surface area contributed by atoms with Crippen molar-refractivity contribution in [2.24, 2.45) is 10.7 Å². The van der Waals surface area contributed by atoms with Crippen LogP contribution in [-0.4, -0.2) is 32.6 Å². The summed E-state index contributed by atoms with van der Waals surface area (Å²) in [5.41, 5.74) is 5.96. The number of methoxy groups -OCH3 is 2. The summed E-state index contributed by atoms with van der Waals surface area (Å²) in [7, 11) is 3.16. The lowest BCUT2D eigenvalue weighted by Crippen LogP contribution is -2.30. The van der Waals surface area contributed by atoms with Gasteiger partial charge < -0.3 is 30.3 Å². The number of aliphatic imine (C=N–C) groups is 1. The monoisotopic (exact) mass is 474 g/mol. The molecule has 1 aromatic carbocycles. The highest BCUT2D eigenvalue weighted by Gasteiger charge is 2.08. The maximum Gasteiger partial charge on any atom is 0.284 e. The molecule has 8 nitrogen and oxygen atoms in total. The molecule has 1 heterocycles. The van der Waals surface area contributed by atoms with Gasteiger partial charge in [-0.15, -0.1) is 24.0 Å². The molecule has 0 saturated heterocycles. The van der Waals surface area contributed by atoms with Crippen LogP contribution in [0.5, 0.6) is 11.5 Å². The van der Waals surface area contributed by atoms with Crippen LogP contribution >= 0.6 is 24.0 Å². The predicted molar refractivity (Wildman–Crippen MR) is 111 cm³/mol. The third-order valence-corrected chi connectivity index (χ3v) is 3.29. The van der Waals surface area contributed by atoms with E-state index in [2.05, 4.69) is 15.6 Å². The second-order valence-corrected chi connectivity index (χ2v) is 5.02. The number of anilines is 1. The fraction of sp³-hybridized carbons (Fsp3) is 0.294. The van der Waals surface area contributed by atoms with Crippen molar-refractivity contribution >= 4 is 41.5 Å². The summed E-state index contributed by atoms with van der Waals surface area (Å²) >= 11 is 0. The van der Waals surface area contributed by atoms with Crippen LogP contribution in [0.25, 0.3) is 0 Å². The van der Waals surface area contributed by atoms with Gasteiger partial charge in [0.15, 0.2) is 23.2 Å². The highest BCUT2D eigenvalue weighted by molar-refractivity contribution is 14.0. The molecule has 0 aliphatic heterocycles. The largest absolute Gasteiger partial charge is 0.493 e. The molecule has 0 aliphatic carbocycles. The molecule has 2 aromatic rings. The number of guanidine groups is 1. The Balaban J connectivity index is 0.00000338. The number of halogens is 1. The molecule has 0 unspecified atom stereocenters. The van der Waals surface area contributed by atoms with Crippen LogP contribution in [0, 0.1) is 0 Å².